The Morgan fingerprint density at radius 3 is 2.22 bits per heavy atom. The molecule has 0 radical (unpaired) electrons. The van der Waals surface area contributed by atoms with E-state index in [0.717, 1.165) is 72.8 Å². The molecule has 2 aliphatic rings. The van der Waals surface area contributed by atoms with Crippen LogP contribution in [0.15, 0.2) is 54.6 Å². The zero-order valence-corrected chi connectivity index (χ0v) is 32.3. The fourth-order valence-corrected chi connectivity index (χ4v) is 6.57. The third-order valence-corrected chi connectivity index (χ3v) is 9.18. The molecule has 2 aliphatic heterocycles. The van der Waals surface area contributed by atoms with Gasteiger partial charge in [-0.3, -0.25) is 19.4 Å². The molecular formula is C42H58N4O8. The summed E-state index contributed by atoms with van der Waals surface area (Å²) in [7, 11) is 0. The van der Waals surface area contributed by atoms with E-state index in [9.17, 15) is 9.59 Å². The molecule has 54 heavy (non-hydrogen) atoms. The molecule has 1 fully saturated rings. The summed E-state index contributed by atoms with van der Waals surface area (Å²) in [6.45, 7) is 13.1. The fraction of sp³-hybridized carbons (Fsp3) is 0.548. The number of hydrogen-bond donors (Lipinski definition) is 2. The monoisotopic (exact) mass is 746 g/mol. The summed E-state index contributed by atoms with van der Waals surface area (Å²) in [6, 6.07) is 18.3. The number of fused-ring (bicyclic) bond motifs is 1. The van der Waals surface area contributed by atoms with Gasteiger partial charge in [-0.1, -0.05) is 18.2 Å². The molecule has 0 atom stereocenters. The molecule has 1 aromatic heterocycles. The first-order valence-electron chi connectivity index (χ1n) is 19.4. The standard InChI is InChI=1S/C42H58N4O8/c1-42(2,3)54-46-20-16-37-34(31-46)12-14-38(43-37)36-30-35(45-18-5-4-6-19-45)13-15-39(36)44-41(49)33-11-7-9-32(29-33)10-8-21-50-23-25-52-27-28-53-26-24-51-22-17-40(47)48/h7,9,11-15,29-30H,4-6,8,10,16-28,31H2,1-3H3,(H,44,49)(H,47,48). The number of pyridine rings is 1. The highest BCUT2D eigenvalue weighted by molar-refractivity contribution is 6.06. The number of carbonyl (C=O) groups excluding carboxylic acids is 1. The Bertz CT molecular complexity index is 1640. The number of aromatic nitrogens is 1. The lowest BCUT2D eigenvalue weighted by molar-refractivity contribution is -0.237. The maximum Gasteiger partial charge on any atom is 0.305 e. The molecule has 0 unspecified atom stereocenters. The van der Waals surface area contributed by atoms with Crippen LogP contribution in [0.5, 0.6) is 0 Å². The first-order valence-corrected chi connectivity index (χ1v) is 19.4. The predicted molar refractivity (Wildman–Crippen MR) is 209 cm³/mol. The summed E-state index contributed by atoms with van der Waals surface area (Å²) in [5.41, 5.74) is 7.37. The van der Waals surface area contributed by atoms with Crippen molar-refractivity contribution in [1.29, 1.82) is 0 Å². The van der Waals surface area contributed by atoms with Gasteiger partial charge in [0.15, 0.2) is 0 Å². The number of ether oxygens (including phenoxy) is 4. The van der Waals surface area contributed by atoms with E-state index in [0.29, 0.717) is 58.4 Å². The van der Waals surface area contributed by atoms with Crippen molar-refractivity contribution in [3.8, 4) is 11.3 Å². The van der Waals surface area contributed by atoms with Crippen LogP contribution in [0.2, 0.25) is 0 Å². The van der Waals surface area contributed by atoms with Crippen molar-refractivity contribution in [3.63, 3.8) is 0 Å². The molecule has 3 heterocycles. The van der Waals surface area contributed by atoms with Gasteiger partial charge in [-0.15, -0.1) is 0 Å². The van der Waals surface area contributed by atoms with Gasteiger partial charge in [0.1, 0.15) is 0 Å². The first kappa shape index (κ1) is 41.3. The van der Waals surface area contributed by atoms with Crippen molar-refractivity contribution in [2.24, 2.45) is 0 Å². The molecule has 0 bridgehead atoms. The van der Waals surface area contributed by atoms with Crippen LogP contribution >= 0.6 is 0 Å². The van der Waals surface area contributed by atoms with Gasteiger partial charge in [0, 0.05) is 55.2 Å². The third kappa shape index (κ3) is 13.7. The molecule has 0 saturated carbocycles. The Morgan fingerprint density at radius 2 is 1.52 bits per heavy atom. The average Bonchev–Trinajstić information content (AvgIpc) is 3.16. The summed E-state index contributed by atoms with van der Waals surface area (Å²) in [5.74, 6) is -1.03. The fourth-order valence-electron chi connectivity index (χ4n) is 6.57. The highest BCUT2D eigenvalue weighted by atomic mass is 16.7. The summed E-state index contributed by atoms with van der Waals surface area (Å²) < 4.78 is 21.9. The number of carboxylic acids is 1. The van der Waals surface area contributed by atoms with Crippen molar-refractivity contribution in [2.45, 2.75) is 77.9 Å². The number of aliphatic carboxylic acids is 1. The Kier molecular flexibility index (Phi) is 16.2. The Morgan fingerprint density at radius 1 is 0.815 bits per heavy atom. The van der Waals surface area contributed by atoms with Crippen LogP contribution in [0.3, 0.4) is 0 Å². The number of nitrogens with zero attached hydrogens (tertiary/aromatic N) is 3. The number of nitrogens with one attached hydrogen (secondary N) is 1. The van der Waals surface area contributed by atoms with Gasteiger partial charge >= 0.3 is 5.97 Å². The number of anilines is 2. The Hall–Kier alpha value is -3.91. The van der Waals surface area contributed by atoms with Gasteiger partial charge in [0.25, 0.3) is 5.91 Å². The number of benzene rings is 2. The highest BCUT2D eigenvalue weighted by Gasteiger charge is 2.24. The minimum absolute atomic E-state index is 0.00754. The SMILES string of the molecule is CC(C)(C)ON1CCc2nc(-c3cc(N4CCCCC4)ccc3NC(=O)c3cccc(CCCOCCOCCOCCOCCC(=O)O)c3)ccc2C1. The van der Waals surface area contributed by atoms with Crippen molar-refractivity contribution >= 4 is 23.3 Å². The number of hydrogen-bond acceptors (Lipinski definition) is 10. The summed E-state index contributed by atoms with van der Waals surface area (Å²) in [6.07, 6.45) is 6.03. The van der Waals surface area contributed by atoms with Crippen LogP contribution < -0.4 is 10.2 Å². The van der Waals surface area contributed by atoms with Crippen molar-refractivity contribution in [2.75, 3.05) is 82.7 Å². The van der Waals surface area contributed by atoms with E-state index in [1.54, 1.807) is 0 Å². The van der Waals surface area contributed by atoms with Gasteiger partial charge in [0.2, 0.25) is 0 Å². The number of carbonyl (C=O) groups is 2. The molecule has 5 rings (SSSR count). The molecule has 294 valence electrons. The second-order valence-corrected chi connectivity index (χ2v) is 14.7. The minimum Gasteiger partial charge on any atom is -0.481 e. The number of hydroxylamine groups is 2. The highest BCUT2D eigenvalue weighted by Crippen LogP contribution is 2.34. The summed E-state index contributed by atoms with van der Waals surface area (Å²) in [5, 5.41) is 13.8. The third-order valence-electron chi connectivity index (χ3n) is 9.18. The molecule has 1 amide bonds. The molecule has 12 heteroatoms. The molecule has 0 spiro atoms. The van der Waals surface area contributed by atoms with Gasteiger partial charge in [-0.25, -0.2) is 0 Å². The summed E-state index contributed by atoms with van der Waals surface area (Å²) >= 11 is 0. The number of amides is 1. The smallest absolute Gasteiger partial charge is 0.305 e. The number of carboxylic acid groups (broad SMARTS) is 1. The van der Waals surface area contributed by atoms with Gasteiger partial charge < -0.3 is 34.3 Å². The van der Waals surface area contributed by atoms with Crippen LogP contribution in [0.4, 0.5) is 11.4 Å². The Balaban J connectivity index is 1.11. The second kappa shape index (κ2) is 21.3. The van der Waals surface area contributed by atoms with Crippen LogP contribution in [0, 0.1) is 0 Å². The van der Waals surface area contributed by atoms with Crippen molar-refractivity contribution in [1.82, 2.24) is 10.0 Å². The predicted octanol–water partition coefficient (Wildman–Crippen LogP) is 6.55. The summed E-state index contributed by atoms with van der Waals surface area (Å²) in [4.78, 5) is 37.9. The van der Waals surface area contributed by atoms with Crippen LogP contribution in [-0.4, -0.2) is 105 Å². The van der Waals surface area contributed by atoms with Gasteiger partial charge in [-0.2, -0.15) is 5.06 Å². The minimum atomic E-state index is -0.875. The maximum absolute atomic E-state index is 13.7. The number of rotatable bonds is 21. The molecule has 2 aromatic carbocycles. The van der Waals surface area contributed by atoms with E-state index in [1.165, 1.54) is 24.8 Å². The van der Waals surface area contributed by atoms with Crippen LogP contribution in [0.1, 0.15) is 80.1 Å². The van der Waals surface area contributed by atoms with E-state index < -0.39 is 5.97 Å². The zero-order chi connectivity index (χ0) is 38.2. The van der Waals surface area contributed by atoms with Crippen LogP contribution in [-0.2, 0) is 48.0 Å². The van der Waals surface area contributed by atoms with E-state index in [2.05, 4.69) is 55.3 Å². The average molecular weight is 747 g/mol. The van der Waals surface area contributed by atoms with E-state index in [-0.39, 0.29) is 24.5 Å². The number of piperidine rings is 1. The lowest BCUT2D eigenvalue weighted by atomic mass is 10.0. The van der Waals surface area contributed by atoms with Crippen LogP contribution in [0.25, 0.3) is 11.3 Å². The quantitative estimate of drug-likeness (QED) is 0.115. The lowest BCUT2D eigenvalue weighted by Crippen LogP contribution is -2.37. The van der Waals surface area contributed by atoms with Crippen molar-refractivity contribution in [3.05, 3.63) is 77.0 Å². The van der Waals surface area contributed by atoms with Crippen molar-refractivity contribution < 1.29 is 38.5 Å². The molecule has 12 nitrogen and oxygen atoms in total. The van der Waals surface area contributed by atoms with E-state index >= 15 is 0 Å². The first-order chi connectivity index (χ1) is 26.1. The van der Waals surface area contributed by atoms with Gasteiger partial charge in [-0.05, 0) is 100 Å². The Labute approximate surface area is 320 Å². The van der Waals surface area contributed by atoms with Gasteiger partial charge in [0.05, 0.1) is 76.2 Å². The molecular weight excluding hydrogens is 688 g/mol. The zero-order valence-electron chi connectivity index (χ0n) is 32.3. The lowest BCUT2D eigenvalue weighted by Gasteiger charge is -2.33. The molecule has 3 aromatic rings. The van der Waals surface area contributed by atoms with E-state index in [1.807, 2.05) is 35.4 Å². The second-order valence-electron chi connectivity index (χ2n) is 14.7. The maximum atomic E-state index is 13.7. The number of aryl methyl sites for hydroxylation is 1. The molecule has 1 saturated heterocycles. The molecule has 0 aliphatic carbocycles. The molecule has 2 N–H and O–H groups in total. The van der Waals surface area contributed by atoms with E-state index in [4.69, 9.17) is 33.9 Å². The normalized spacial score (nSPS) is 14.9. The topological polar surface area (TPSA) is 132 Å². The largest absolute Gasteiger partial charge is 0.481 e.